The Bertz CT molecular complexity index is 839. The summed E-state index contributed by atoms with van der Waals surface area (Å²) in [5.74, 6) is 1.07. The monoisotopic (exact) mass is 397 g/mol. The molecule has 0 spiro atoms. The van der Waals surface area contributed by atoms with Crippen molar-refractivity contribution < 1.29 is 18.7 Å². The number of carbonyl (C=O) groups excluding carboxylic acids is 2. The largest absolute Gasteiger partial charge is 0.466 e. The molecule has 1 unspecified atom stereocenters. The van der Waals surface area contributed by atoms with Crippen molar-refractivity contribution in [1.29, 1.82) is 0 Å². The zero-order valence-electron chi connectivity index (χ0n) is 16.8. The van der Waals surface area contributed by atoms with Crippen LogP contribution in [0.25, 0.3) is 0 Å². The first-order chi connectivity index (χ1) is 14.2. The zero-order valence-corrected chi connectivity index (χ0v) is 16.8. The fourth-order valence-corrected chi connectivity index (χ4v) is 4.11. The minimum atomic E-state index is -0.190. The van der Waals surface area contributed by atoms with Crippen LogP contribution in [-0.2, 0) is 9.53 Å². The van der Waals surface area contributed by atoms with E-state index in [-0.39, 0.29) is 23.7 Å². The number of nitrogens with zero attached hydrogens (tertiary/aromatic N) is 3. The number of hydrogen-bond donors (Lipinski definition) is 0. The average molecular weight is 397 g/mol. The number of piperidine rings is 1. The molecule has 2 heterocycles. The van der Waals surface area contributed by atoms with Crippen LogP contribution in [0.1, 0.15) is 73.0 Å². The lowest BCUT2D eigenvalue weighted by molar-refractivity contribution is -0.144. The van der Waals surface area contributed by atoms with E-state index in [4.69, 9.17) is 9.15 Å². The maximum atomic E-state index is 12.7. The molecule has 1 aromatic carbocycles. The van der Waals surface area contributed by atoms with Gasteiger partial charge < -0.3 is 14.1 Å². The van der Waals surface area contributed by atoms with Gasteiger partial charge in [-0.05, 0) is 50.0 Å². The lowest BCUT2D eigenvalue weighted by atomic mass is 9.78. The highest BCUT2D eigenvalue weighted by Gasteiger charge is 2.34. The third-order valence-corrected chi connectivity index (χ3v) is 5.87. The van der Waals surface area contributed by atoms with E-state index in [1.54, 1.807) is 4.90 Å². The molecule has 1 aromatic heterocycles. The fourth-order valence-electron chi connectivity index (χ4n) is 4.11. The molecular weight excluding hydrogens is 370 g/mol. The number of aromatic nitrogens is 2. The van der Waals surface area contributed by atoms with Gasteiger partial charge in [-0.3, -0.25) is 9.59 Å². The Morgan fingerprint density at radius 2 is 1.86 bits per heavy atom. The summed E-state index contributed by atoms with van der Waals surface area (Å²) in [6.07, 6.45) is 4.14. The smallest absolute Gasteiger partial charge is 0.311 e. The van der Waals surface area contributed by atoms with Crippen molar-refractivity contribution in [2.45, 2.75) is 50.9 Å². The SMILES string of the molecule is CCOC(=O)CC(c1ccccc1)C1CCN(C(=O)c2nnc(C3CC3)o2)CC1. The molecule has 1 saturated heterocycles. The first kappa shape index (κ1) is 19.6. The maximum absolute atomic E-state index is 12.7. The quantitative estimate of drug-likeness (QED) is 0.665. The number of amides is 1. The second-order valence-electron chi connectivity index (χ2n) is 7.88. The fraction of sp³-hybridized carbons (Fsp3) is 0.545. The second-order valence-corrected chi connectivity index (χ2v) is 7.88. The van der Waals surface area contributed by atoms with Gasteiger partial charge in [-0.1, -0.05) is 30.3 Å². The molecule has 0 N–H and O–H groups in total. The molecule has 154 valence electrons. The van der Waals surface area contributed by atoms with E-state index in [9.17, 15) is 9.59 Å². The van der Waals surface area contributed by atoms with E-state index in [1.165, 1.54) is 0 Å². The van der Waals surface area contributed by atoms with Gasteiger partial charge in [-0.2, -0.15) is 0 Å². The number of carbonyl (C=O) groups is 2. The standard InChI is InChI=1S/C22H27N3O4/c1-2-28-19(26)14-18(15-6-4-3-5-7-15)16-10-12-25(13-11-16)22(27)21-24-23-20(29-21)17-8-9-17/h3-7,16-18H,2,8-14H2,1H3. The van der Waals surface area contributed by atoms with Gasteiger partial charge >= 0.3 is 17.8 Å². The van der Waals surface area contributed by atoms with Crippen LogP contribution in [0.15, 0.2) is 34.7 Å². The molecule has 0 radical (unpaired) electrons. The number of benzene rings is 1. The van der Waals surface area contributed by atoms with Crippen LogP contribution in [0.5, 0.6) is 0 Å². The molecule has 2 fully saturated rings. The van der Waals surface area contributed by atoms with Crippen molar-refractivity contribution in [2.75, 3.05) is 19.7 Å². The minimum Gasteiger partial charge on any atom is -0.466 e. The molecule has 0 bridgehead atoms. The summed E-state index contributed by atoms with van der Waals surface area (Å²) in [6, 6.07) is 10.1. The topological polar surface area (TPSA) is 85.5 Å². The third-order valence-electron chi connectivity index (χ3n) is 5.87. The van der Waals surface area contributed by atoms with Crippen LogP contribution < -0.4 is 0 Å². The Balaban J connectivity index is 1.40. The molecule has 1 atom stereocenters. The lowest BCUT2D eigenvalue weighted by Crippen LogP contribution is -2.40. The molecule has 1 aliphatic carbocycles. The molecule has 7 heteroatoms. The Labute approximate surface area is 170 Å². The summed E-state index contributed by atoms with van der Waals surface area (Å²) in [5, 5.41) is 7.96. The van der Waals surface area contributed by atoms with Crippen LogP contribution in [-0.4, -0.2) is 46.7 Å². The number of ether oxygens (including phenoxy) is 1. The first-order valence-electron chi connectivity index (χ1n) is 10.5. The normalized spacial score (nSPS) is 18.4. The van der Waals surface area contributed by atoms with Crippen molar-refractivity contribution in [2.24, 2.45) is 5.92 Å². The second kappa shape index (κ2) is 8.76. The molecule has 2 aliphatic rings. The van der Waals surface area contributed by atoms with Crippen LogP contribution in [0, 0.1) is 5.92 Å². The Hall–Kier alpha value is -2.70. The predicted molar refractivity (Wildman–Crippen MR) is 105 cm³/mol. The summed E-state index contributed by atoms with van der Waals surface area (Å²) in [6.45, 7) is 3.46. The van der Waals surface area contributed by atoms with Gasteiger partial charge in [-0.15, -0.1) is 10.2 Å². The molecule has 2 aromatic rings. The highest BCUT2D eigenvalue weighted by molar-refractivity contribution is 5.89. The highest BCUT2D eigenvalue weighted by atomic mass is 16.5. The van der Waals surface area contributed by atoms with E-state index in [2.05, 4.69) is 22.3 Å². The predicted octanol–water partition coefficient (Wildman–Crippen LogP) is 3.54. The summed E-state index contributed by atoms with van der Waals surface area (Å²) in [5.41, 5.74) is 1.15. The van der Waals surface area contributed by atoms with Gasteiger partial charge in [0.1, 0.15) is 0 Å². The van der Waals surface area contributed by atoms with Crippen molar-refractivity contribution >= 4 is 11.9 Å². The lowest BCUT2D eigenvalue weighted by Gasteiger charge is -2.35. The van der Waals surface area contributed by atoms with Crippen molar-refractivity contribution in [1.82, 2.24) is 15.1 Å². The molecule has 29 heavy (non-hydrogen) atoms. The van der Waals surface area contributed by atoms with E-state index >= 15 is 0 Å². The molecule has 1 saturated carbocycles. The number of hydrogen-bond acceptors (Lipinski definition) is 6. The zero-order chi connectivity index (χ0) is 20.2. The van der Waals surface area contributed by atoms with Gasteiger partial charge in [0, 0.05) is 19.0 Å². The van der Waals surface area contributed by atoms with E-state index in [1.807, 2.05) is 25.1 Å². The van der Waals surface area contributed by atoms with Gasteiger partial charge in [0.25, 0.3) is 0 Å². The summed E-state index contributed by atoms with van der Waals surface area (Å²) in [7, 11) is 0. The third kappa shape index (κ3) is 4.66. The van der Waals surface area contributed by atoms with E-state index in [0.29, 0.717) is 43.8 Å². The Morgan fingerprint density at radius 3 is 2.52 bits per heavy atom. The van der Waals surface area contributed by atoms with Crippen molar-refractivity contribution in [3.05, 3.63) is 47.7 Å². The van der Waals surface area contributed by atoms with Gasteiger partial charge in [0.2, 0.25) is 5.89 Å². The first-order valence-corrected chi connectivity index (χ1v) is 10.5. The number of rotatable bonds is 7. The average Bonchev–Trinajstić information content (AvgIpc) is 3.49. The highest BCUT2D eigenvalue weighted by Crippen LogP contribution is 2.39. The van der Waals surface area contributed by atoms with E-state index < -0.39 is 0 Å². The van der Waals surface area contributed by atoms with Crippen LogP contribution in [0.4, 0.5) is 0 Å². The summed E-state index contributed by atoms with van der Waals surface area (Å²) >= 11 is 0. The van der Waals surface area contributed by atoms with Crippen LogP contribution in [0.2, 0.25) is 0 Å². The number of esters is 1. The molecule has 1 amide bonds. The van der Waals surface area contributed by atoms with Gasteiger partial charge in [0.05, 0.1) is 13.0 Å². The summed E-state index contributed by atoms with van der Waals surface area (Å²) < 4.78 is 10.8. The van der Waals surface area contributed by atoms with Crippen molar-refractivity contribution in [3.8, 4) is 0 Å². The van der Waals surface area contributed by atoms with Crippen molar-refractivity contribution in [3.63, 3.8) is 0 Å². The summed E-state index contributed by atoms with van der Waals surface area (Å²) in [4.78, 5) is 26.7. The van der Waals surface area contributed by atoms with Gasteiger partial charge in [-0.25, -0.2) is 0 Å². The maximum Gasteiger partial charge on any atom is 0.311 e. The van der Waals surface area contributed by atoms with Gasteiger partial charge in [0.15, 0.2) is 0 Å². The van der Waals surface area contributed by atoms with E-state index in [0.717, 1.165) is 31.2 Å². The molecule has 4 rings (SSSR count). The molecule has 7 nitrogen and oxygen atoms in total. The number of likely N-dealkylation sites (tertiary alicyclic amines) is 1. The Kier molecular flexibility index (Phi) is 5.92. The van der Waals surface area contributed by atoms with Crippen LogP contribution in [0.3, 0.4) is 0 Å². The minimum absolute atomic E-state index is 0.0940. The molecule has 1 aliphatic heterocycles. The molecular formula is C22H27N3O4. The Morgan fingerprint density at radius 1 is 1.14 bits per heavy atom. The van der Waals surface area contributed by atoms with Crippen LogP contribution >= 0.6 is 0 Å².